The second-order valence-electron chi connectivity index (χ2n) is 7.46. The summed E-state index contributed by atoms with van der Waals surface area (Å²) in [6.07, 6.45) is 0.760. The molecule has 2 bridgehead atoms. The molecule has 0 aromatic heterocycles. The molecule has 2 nitrogen and oxygen atoms in total. The highest BCUT2D eigenvalue weighted by molar-refractivity contribution is 9.10. The number of ether oxygens (including phenoxy) is 2. The van der Waals surface area contributed by atoms with Crippen molar-refractivity contribution in [2.45, 2.75) is 18.1 Å². The van der Waals surface area contributed by atoms with E-state index in [1.807, 2.05) is 24.3 Å². The van der Waals surface area contributed by atoms with Crippen LogP contribution in [0.15, 0.2) is 89.4 Å². The Labute approximate surface area is 171 Å². The van der Waals surface area contributed by atoms with Crippen molar-refractivity contribution in [3.63, 3.8) is 0 Å². The SMILES string of the molecule is Brc1ccc2c3c(ccc2c1)O[C@]1(c2ccccc2)C[C@H]3c2ccccc2O1. The Morgan fingerprint density at radius 2 is 1.57 bits per heavy atom. The molecule has 6 rings (SSSR count). The van der Waals surface area contributed by atoms with E-state index in [-0.39, 0.29) is 5.92 Å². The van der Waals surface area contributed by atoms with Gasteiger partial charge in [-0.2, -0.15) is 0 Å². The highest BCUT2D eigenvalue weighted by Crippen LogP contribution is 2.56. The van der Waals surface area contributed by atoms with Gasteiger partial charge in [-0.3, -0.25) is 0 Å². The average molecular weight is 429 g/mol. The molecular weight excluding hydrogens is 412 g/mol. The van der Waals surface area contributed by atoms with Crippen molar-refractivity contribution in [1.82, 2.24) is 0 Å². The van der Waals surface area contributed by atoms with Gasteiger partial charge in [-0.15, -0.1) is 0 Å². The summed E-state index contributed by atoms with van der Waals surface area (Å²) in [5, 5.41) is 2.46. The Hall–Kier alpha value is -2.78. The normalized spacial score (nSPS) is 22.0. The number of hydrogen-bond donors (Lipinski definition) is 0. The van der Waals surface area contributed by atoms with Crippen LogP contribution in [0.3, 0.4) is 0 Å². The highest BCUT2D eigenvalue weighted by Gasteiger charge is 2.49. The van der Waals surface area contributed by atoms with Crippen molar-refractivity contribution >= 4 is 26.7 Å². The van der Waals surface area contributed by atoms with Crippen LogP contribution in [0.25, 0.3) is 10.8 Å². The molecule has 2 heterocycles. The number of fused-ring (bicyclic) bond motifs is 8. The monoisotopic (exact) mass is 428 g/mol. The lowest BCUT2D eigenvalue weighted by molar-refractivity contribution is -0.148. The molecule has 0 saturated heterocycles. The standard InChI is InChI=1S/C25H17BrO2/c26-18-11-12-19-16(14-18)10-13-23-24(19)21-15-25(28-23,17-6-2-1-3-7-17)27-22-9-5-4-8-20(21)22/h1-14,21H,15H2/t21-,25-/m0/s1. The van der Waals surface area contributed by atoms with Crippen molar-refractivity contribution in [1.29, 1.82) is 0 Å². The van der Waals surface area contributed by atoms with E-state index in [1.165, 1.54) is 21.9 Å². The summed E-state index contributed by atoms with van der Waals surface area (Å²) in [5.41, 5.74) is 3.54. The van der Waals surface area contributed by atoms with Crippen molar-refractivity contribution in [3.05, 3.63) is 106 Å². The number of hydrogen-bond acceptors (Lipinski definition) is 2. The lowest BCUT2D eigenvalue weighted by Crippen LogP contribution is -2.46. The van der Waals surface area contributed by atoms with E-state index in [9.17, 15) is 0 Å². The van der Waals surface area contributed by atoms with Gasteiger partial charge in [-0.25, -0.2) is 0 Å². The molecule has 0 fully saturated rings. The molecule has 2 aliphatic heterocycles. The molecule has 2 aliphatic rings. The molecule has 28 heavy (non-hydrogen) atoms. The van der Waals surface area contributed by atoms with Crippen LogP contribution >= 0.6 is 15.9 Å². The molecule has 0 saturated carbocycles. The maximum atomic E-state index is 6.64. The average Bonchev–Trinajstić information content (AvgIpc) is 2.74. The van der Waals surface area contributed by atoms with E-state index >= 15 is 0 Å². The van der Waals surface area contributed by atoms with Gasteiger partial charge in [0.1, 0.15) is 11.5 Å². The smallest absolute Gasteiger partial charge is 0.278 e. The van der Waals surface area contributed by atoms with Crippen LogP contribution in [0.4, 0.5) is 0 Å². The van der Waals surface area contributed by atoms with Gasteiger partial charge >= 0.3 is 0 Å². The summed E-state index contributed by atoms with van der Waals surface area (Å²) in [5.74, 6) is 1.24. The van der Waals surface area contributed by atoms with E-state index in [1.54, 1.807) is 0 Å². The summed E-state index contributed by atoms with van der Waals surface area (Å²) >= 11 is 3.60. The van der Waals surface area contributed by atoms with E-state index in [4.69, 9.17) is 9.47 Å². The minimum absolute atomic E-state index is 0.221. The zero-order valence-corrected chi connectivity index (χ0v) is 16.6. The number of benzene rings is 4. The van der Waals surface area contributed by atoms with E-state index in [0.717, 1.165) is 28.0 Å². The van der Waals surface area contributed by atoms with Crippen molar-refractivity contribution in [2.75, 3.05) is 0 Å². The van der Waals surface area contributed by atoms with E-state index in [0.29, 0.717) is 0 Å². The van der Waals surface area contributed by atoms with Gasteiger partial charge in [0.25, 0.3) is 5.79 Å². The Bertz CT molecular complexity index is 1220. The first kappa shape index (κ1) is 16.2. The quantitative estimate of drug-likeness (QED) is 0.333. The minimum Gasteiger partial charge on any atom is -0.448 e. The highest BCUT2D eigenvalue weighted by atomic mass is 79.9. The van der Waals surface area contributed by atoms with Crippen LogP contribution in [-0.2, 0) is 5.79 Å². The van der Waals surface area contributed by atoms with Crippen LogP contribution < -0.4 is 9.47 Å². The Kier molecular flexibility index (Phi) is 3.39. The predicted octanol–water partition coefficient (Wildman–Crippen LogP) is 6.76. The Morgan fingerprint density at radius 1 is 0.786 bits per heavy atom. The Morgan fingerprint density at radius 3 is 2.46 bits per heavy atom. The summed E-state index contributed by atoms with van der Waals surface area (Å²) in [4.78, 5) is 0. The third-order valence-electron chi connectivity index (χ3n) is 5.86. The molecule has 0 unspecified atom stereocenters. The second-order valence-corrected chi connectivity index (χ2v) is 8.38. The van der Waals surface area contributed by atoms with Crippen molar-refractivity contribution < 1.29 is 9.47 Å². The zero-order chi connectivity index (χ0) is 18.7. The summed E-state index contributed by atoms with van der Waals surface area (Å²) in [6.45, 7) is 0. The lowest BCUT2D eigenvalue weighted by atomic mass is 9.77. The van der Waals surface area contributed by atoms with Crippen LogP contribution in [0.1, 0.15) is 29.0 Å². The molecule has 3 heteroatoms. The van der Waals surface area contributed by atoms with Gasteiger partial charge in [0, 0.05) is 33.5 Å². The molecule has 4 aromatic carbocycles. The first-order valence-corrected chi connectivity index (χ1v) is 10.3. The lowest BCUT2D eigenvalue weighted by Gasteiger charge is -2.46. The topological polar surface area (TPSA) is 18.5 Å². The maximum absolute atomic E-state index is 6.64. The fraction of sp³-hybridized carbons (Fsp3) is 0.120. The van der Waals surface area contributed by atoms with Crippen LogP contribution in [0, 0.1) is 0 Å². The van der Waals surface area contributed by atoms with Gasteiger partial charge in [0.2, 0.25) is 0 Å². The molecule has 4 aromatic rings. The molecule has 0 amide bonds. The molecule has 2 atom stereocenters. The minimum atomic E-state index is -0.795. The molecule has 136 valence electrons. The molecule has 0 radical (unpaired) electrons. The fourth-order valence-corrected chi connectivity index (χ4v) is 5.02. The molecule has 0 spiro atoms. The number of rotatable bonds is 1. The van der Waals surface area contributed by atoms with Crippen molar-refractivity contribution in [2.24, 2.45) is 0 Å². The summed E-state index contributed by atoms with van der Waals surface area (Å²) < 4.78 is 14.3. The van der Waals surface area contributed by atoms with E-state index < -0.39 is 5.79 Å². The second kappa shape index (κ2) is 5.86. The molecule has 0 aliphatic carbocycles. The first-order valence-electron chi connectivity index (χ1n) is 9.48. The largest absolute Gasteiger partial charge is 0.448 e. The number of para-hydroxylation sites is 1. The summed E-state index contributed by atoms with van der Waals surface area (Å²) in [6, 6.07) is 29.3. The van der Waals surface area contributed by atoms with E-state index in [2.05, 4.69) is 76.6 Å². The Balaban J connectivity index is 1.66. The number of halogens is 1. The third-order valence-corrected chi connectivity index (χ3v) is 6.36. The van der Waals surface area contributed by atoms with Gasteiger partial charge in [0.05, 0.1) is 0 Å². The first-order chi connectivity index (χ1) is 13.7. The molecular formula is C25H17BrO2. The zero-order valence-electron chi connectivity index (χ0n) is 15.1. The van der Waals surface area contributed by atoms with Crippen LogP contribution in [0.2, 0.25) is 0 Å². The van der Waals surface area contributed by atoms with Gasteiger partial charge in [-0.05, 0) is 35.0 Å². The maximum Gasteiger partial charge on any atom is 0.278 e. The predicted molar refractivity (Wildman–Crippen MR) is 114 cm³/mol. The van der Waals surface area contributed by atoms with Gasteiger partial charge in [-0.1, -0.05) is 76.6 Å². The molecule has 0 N–H and O–H groups in total. The fourth-order valence-electron chi connectivity index (χ4n) is 4.64. The summed E-state index contributed by atoms with van der Waals surface area (Å²) in [7, 11) is 0. The van der Waals surface area contributed by atoms with Gasteiger partial charge < -0.3 is 9.47 Å². The van der Waals surface area contributed by atoms with Crippen molar-refractivity contribution in [3.8, 4) is 11.5 Å². The van der Waals surface area contributed by atoms with Crippen LogP contribution in [0.5, 0.6) is 11.5 Å². The van der Waals surface area contributed by atoms with Gasteiger partial charge in [0.15, 0.2) is 0 Å². The third kappa shape index (κ3) is 2.26. The van der Waals surface area contributed by atoms with Crippen LogP contribution in [-0.4, -0.2) is 0 Å².